The summed E-state index contributed by atoms with van der Waals surface area (Å²) in [4.78, 5) is 27.5. The van der Waals surface area contributed by atoms with Crippen molar-refractivity contribution in [2.75, 3.05) is 30.9 Å². The summed E-state index contributed by atoms with van der Waals surface area (Å²) in [5.74, 6) is 1.31. The number of nitrogens with zero attached hydrogens (tertiary/aromatic N) is 2. The molecule has 0 aliphatic carbocycles. The van der Waals surface area contributed by atoms with Crippen molar-refractivity contribution in [3.63, 3.8) is 0 Å². The van der Waals surface area contributed by atoms with E-state index in [2.05, 4.69) is 21.2 Å². The van der Waals surface area contributed by atoms with Gasteiger partial charge in [-0.15, -0.1) is 0 Å². The van der Waals surface area contributed by atoms with Crippen LogP contribution in [0.2, 0.25) is 0 Å². The number of nitrogens with one attached hydrogen (secondary N) is 1. The Hall–Kier alpha value is -2.48. The van der Waals surface area contributed by atoms with Gasteiger partial charge in [0.2, 0.25) is 5.91 Å². The van der Waals surface area contributed by atoms with E-state index in [9.17, 15) is 9.59 Å². The van der Waals surface area contributed by atoms with E-state index < -0.39 is 0 Å². The second-order valence-corrected chi connectivity index (χ2v) is 6.81. The van der Waals surface area contributed by atoms with Crippen LogP contribution in [0, 0.1) is 0 Å². The molecule has 2 heterocycles. The van der Waals surface area contributed by atoms with Gasteiger partial charge in [-0.1, -0.05) is 0 Å². The molecule has 1 aliphatic heterocycles. The van der Waals surface area contributed by atoms with Crippen LogP contribution in [0.25, 0.3) is 0 Å². The van der Waals surface area contributed by atoms with Crippen molar-refractivity contribution in [2.45, 2.75) is 19.4 Å². The molecule has 26 heavy (non-hydrogen) atoms. The third kappa shape index (κ3) is 4.01. The van der Waals surface area contributed by atoms with Gasteiger partial charge < -0.3 is 24.3 Å². The molecule has 138 valence electrons. The SMILES string of the molecule is COc1cc(NC(=O)N(C)Cc2ccc(Br)o2)ccc1N1CCCC1=O. The zero-order valence-corrected chi connectivity index (χ0v) is 16.2. The summed E-state index contributed by atoms with van der Waals surface area (Å²) in [6.07, 6.45) is 1.39. The predicted octanol–water partition coefficient (Wildman–Crippen LogP) is 3.84. The quantitative estimate of drug-likeness (QED) is 0.795. The first-order chi connectivity index (χ1) is 12.5. The Morgan fingerprint density at radius 3 is 2.81 bits per heavy atom. The third-order valence-corrected chi connectivity index (χ3v) is 4.59. The third-order valence-electron chi connectivity index (χ3n) is 4.16. The molecule has 1 fully saturated rings. The standard InChI is InChI=1S/C18H20BrN3O4/c1-21(11-13-6-8-16(19)26-13)18(24)20-12-5-7-14(15(10-12)25-2)22-9-3-4-17(22)23/h5-8,10H,3-4,9,11H2,1-2H3,(H,20,24). The summed E-state index contributed by atoms with van der Waals surface area (Å²) in [6, 6.07) is 8.59. The lowest BCUT2D eigenvalue weighted by molar-refractivity contribution is -0.117. The molecule has 0 spiro atoms. The number of hydrogen-bond donors (Lipinski definition) is 1. The Morgan fingerprint density at radius 1 is 1.38 bits per heavy atom. The van der Waals surface area contributed by atoms with E-state index in [1.54, 1.807) is 49.4 Å². The lowest BCUT2D eigenvalue weighted by Crippen LogP contribution is -2.30. The number of benzene rings is 1. The van der Waals surface area contributed by atoms with E-state index >= 15 is 0 Å². The number of rotatable bonds is 5. The maximum Gasteiger partial charge on any atom is 0.321 e. The van der Waals surface area contributed by atoms with Gasteiger partial charge in [-0.05, 0) is 46.6 Å². The first-order valence-electron chi connectivity index (χ1n) is 8.22. The number of carbonyl (C=O) groups is 2. The summed E-state index contributed by atoms with van der Waals surface area (Å²) in [5.41, 5.74) is 1.32. The first kappa shape index (κ1) is 18.3. The Bertz CT molecular complexity index is 821. The molecule has 3 rings (SSSR count). The topological polar surface area (TPSA) is 75.0 Å². The number of urea groups is 1. The average molecular weight is 422 g/mol. The van der Waals surface area contributed by atoms with Crippen LogP contribution in [0.1, 0.15) is 18.6 Å². The predicted molar refractivity (Wildman–Crippen MR) is 101 cm³/mol. The summed E-state index contributed by atoms with van der Waals surface area (Å²) in [6.45, 7) is 1.03. The van der Waals surface area contributed by atoms with Crippen molar-refractivity contribution in [1.29, 1.82) is 0 Å². The zero-order valence-electron chi connectivity index (χ0n) is 14.6. The van der Waals surface area contributed by atoms with Gasteiger partial charge in [-0.2, -0.15) is 0 Å². The van der Waals surface area contributed by atoms with Crippen molar-refractivity contribution in [3.8, 4) is 5.75 Å². The largest absolute Gasteiger partial charge is 0.494 e. The molecule has 1 N–H and O–H groups in total. The van der Waals surface area contributed by atoms with Gasteiger partial charge in [-0.25, -0.2) is 4.79 Å². The maximum absolute atomic E-state index is 12.4. The highest BCUT2D eigenvalue weighted by molar-refractivity contribution is 9.10. The van der Waals surface area contributed by atoms with Gasteiger partial charge in [-0.3, -0.25) is 4.79 Å². The van der Waals surface area contributed by atoms with E-state index in [1.165, 1.54) is 4.90 Å². The second-order valence-electron chi connectivity index (χ2n) is 6.03. The number of ether oxygens (including phenoxy) is 1. The Balaban J connectivity index is 1.69. The van der Waals surface area contributed by atoms with Gasteiger partial charge in [0.1, 0.15) is 11.5 Å². The Morgan fingerprint density at radius 2 is 2.19 bits per heavy atom. The summed E-state index contributed by atoms with van der Waals surface area (Å²) >= 11 is 3.24. The number of halogens is 1. The molecule has 0 unspecified atom stereocenters. The van der Waals surface area contributed by atoms with Gasteiger partial charge in [0.25, 0.3) is 0 Å². The minimum atomic E-state index is -0.274. The van der Waals surface area contributed by atoms with Crippen LogP contribution >= 0.6 is 15.9 Å². The van der Waals surface area contributed by atoms with Crippen LogP contribution in [0.15, 0.2) is 39.4 Å². The number of hydrogen-bond acceptors (Lipinski definition) is 4. The molecule has 1 aliphatic rings. The van der Waals surface area contributed by atoms with Crippen LogP contribution in [-0.4, -0.2) is 37.5 Å². The Kier molecular flexibility index (Phi) is 5.51. The molecule has 2 aromatic rings. The van der Waals surface area contributed by atoms with Crippen molar-refractivity contribution in [3.05, 3.63) is 40.8 Å². The minimum absolute atomic E-state index is 0.0874. The minimum Gasteiger partial charge on any atom is -0.494 e. The highest BCUT2D eigenvalue weighted by Crippen LogP contribution is 2.33. The molecule has 0 atom stereocenters. The molecule has 1 aromatic heterocycles. The van der Waals surface area contributed by atoms with E-state index in [1.807, 2.05) is 0 Å². The smallest absolute Gasteiger partial charge is 0.321 e. The van der Waals surface area contributed by atoms with Crippen LogP contribution in [0.4, 0.5) is 16.2 Å². The zero-order chi connectivity index (χ0) is 18.7. The molecule has 0 radical (unpaired) electrons. The van der Waals surface area contributed by atoms with Crippen LogP contribution in [0.3, 0.4) is 0 Å². The summed E-state index contributed by atoms with van der Waals surface area (Å²) < 4.78 is 11.4. The highest BCUT2D eigenvalue weighted by Gasteiger charge is 2.24. The Labute approximate surface area is 160 Å². The molecule has 3 amide bonds. The van der Waals surface area contributed by atoms with Gasteiger partial charge in [0.15, 0.2) is 4.67 Å². The number of amides is 3. The summed E-state index contributed by atoms with van der Waals surface area (Å²) in [7, 11) is 3.23. The monoisotopic (exact) mass is 421 g/mol. The number of anilines is 2. The van der Waals surface area contributed by atoms with Crippen molar-refractivity contribution >= 4 is 39.2 Å². The molecule has 0 saturated carbocycles. The molecule has 7 nitrogen and oxygen atoms in total. The van der Waals surface area contributed by atoms with Crippen LogP contribution in [0.5, 0.6) is 5.75 Å². The normalized spacial score (nSPS) is 13.8. The van der Waals surface area contributed by atoms with Crippen LogP contribution in [-0.2, 0) is 11.3 Å². The van der Waals surface area contributed by atoms with Gasteiger partial charge >= 0.3 is 6.03 Å². The fraction of sp³-hybridized carbons (Fsp3) is 0.333. The molecule has 8 heteroatoms. The molecule has 1 saturated heterocycles. The molecular formula is C18H20BrN3O4. The molecule has 1 aromatic carbocycles. The van der Waals surface area contributed by atoms with E-state index in [-0.39, 0.29) is 11.9 Å². The summed E-state index contributed by atoms with van der Waals surface area (Å²) in [5, 5.41) is 2.82. The second kappa shape index (κ2) is 7.82. The number of methoxy groups -OCH3 is 1. The number of carbonyl (C=O) groups excluding carboxylic acids is 2. The maximum atomic E-state index is 12.4. The molecular weight excluding hydrogens is 402 g/mol. The number of furan rings is 1. The highest BCUT2D eigenvalue weighted by atomic mass is 79.9. The van der Waals surface area contributed by atoms with Gasteiger partial charge in [0, 0.05) is 31.8 Å². The van der Waals surface area contributed by atoms with Gasteiger partial charge in [0.05, 0.1) is 19.3 Å². The lowest BCUT2D eigenvalue weighted by atomic mass is 10.2. The fourth-order valence-electron chi connectivity index (χ4n) is 2.84. The lowest BCUT2D eigenvalue weighted by Gasteiger charge is -2.21. The molecule has 0 bridgehead atoms. The van der Waals surface area contributed by atoms with E-state index in [0.717, 1.165) is 12.1 Å². The van der Waals surface area contributed by atoms with E-state index in [4.69, 9.17) is 9.15 Å². The van der Waals surface area contributed by atoms with Crippen molar-refractivity contribution in [1.82, 2.24) is 4.90 Å². The first-order valence-corrected chi connectivity index (χ1v) is 9.02. The van der Waals surface area contributed by atoms with E-state index in [0.29, 0.717) is 41.4 Å². The average Bonchev–Trinajstić information content (AvgIpc) is 3.22. The van der Waals surface area contributed by atoms with Crippen molar-refractivity contribution < 1.29 is 18.7 Å². The van der Waals surface area contributed by atoms with Crippen molar-refractivity contribution in [2.24, 2.45) is 0 Å². The van der Waals surface area contributed by atoms with Crippen LogP contribution < -0.4 is 15.0 Å². The fourth-order valence-corrected chi connectivity index (χ4v) is 3.18.